The van der Waals surface area contributed by atoms with Crippen LogP contribution in [0.15, 0.2) is 6.07 Å². The lowest BCUT2D eigenvalue weighted by molar-refractivity contribution is -0.129. The molecular weight excluding hydrogens is 366 g/mol. The van der Waals surface area contributed by atoms with E-state index in [0.29, 0.717) is 19.3 Å². The first-order chi connectivity index (χ1) is 13.8. The summed E-state index contributed by atoms with van der Waals surface area (Å²) in [6, 6.07) is 2.24. The van der Waals surface area contributed by atoms with E-state index in [-0.39, 0.29) is 23.8 Å². The number of carbonyl (C=O) groups excluding carboxylic acids is 2. The number of hydrogen-bond acceptors (Lipinski definition) is 4. The Kier molecular flexibility index (Phi) is 6.55. The molecule has 3 heterocycles. The summed E-state index contributed by atoms with van der Waals surface area (Å²) in [4.78, 5) is 30.8. The fourth-order valence-corrected chi connectivity index (χ4v) is 4.05. The van der Waals surface area contributed by atoms with E-state index in [1.165, 1.54) is 0 Å². The molecule has 158 valence electrons. The second-order valence-corrected chi connectivity index (χ2v) is 8.16. The third-order valence-corrected chi connectivity index (χ3v) is 6.07. The molecule has 0 aliphatic carbocycles. The monoisotopic (exact) mass is 399 g/mol. The van der Waals surface area contributed by atoms with E-state index in [9.17, 15) is 9.59 Å². The van der Waals surface area contributed by atoms with Crippen molar-refractivity contribution < 1.29 is 9.59 Å². The lowest BCUT2D eigenvalue weighted by atomic mass is 10.1. The fraction of sp³-hybridized carbons (Fsp3) is 0.636. The van der Waals surface area contributed by atoms with E-state index in [1.54, 1.807) is 0 Å². The molecule has 1 N–H and O–H groups in total. The summed E-state index contributed by atoms with van der Waals surface area (Å²) >= 11 is 0. The van der Waals surface area contributed by atoms with Gasteiger partial charge in [-0.1, -0.05) is 13.8 Å². The largest absolute Gasteiger partial charge is 0.354 e. The molecule has 1 saturated heterocycles. The van der Waals surface area contributed by atoms with E-state index in [1.807, 2.05) is 43.2 Å². The average Bonchev–Trinajstić information content (AvgIpc) is 3.34. The molecule has 2 amide bonds. The fourth-order valence-electron chi connectivity index (χ4n) is 4.05. The van der Waals surface area contributed by atoms with Gasteiger partial charge in [0.05, 0.1) is 5.69 Å². The zero-order valence-corrected chi connectivity index (χ0v) is 18.3. The van der Waals surface area contributed by atoms with Crippen molar-refractivity contribution in [2.24, 2.45) is 0 Å². The van der Waals surface area contributed by atoms with E-state index < -0.39 is 0 Å². The van der Waals surface area contributed by atoms with Crippen LogP contribution in [0, 0.1) is 13.8 Å². The molecule has 0 radical (unpaired) electrons. The smallest absolute Gasteiger partial charge is 0.222 e. The summed E-state index contributed by atoms with van der Waals surface area (Å²) in [6.45, 7) is 11.6. The Hall–Kier alpha value is -2.44. The molecule has 0 spiro atoms. The van der Waals surface area contributed by atoms with Crippen molar-refractivity contribution in [2.45, 2.75) is 78.7 Å². The van der Waals surface area contributed by atoms with Crippen LogP contribution in [0.1, 0.15) is 75.0 Å². The van der Waals surface area contributed by atoms with Gasteiger partial charge in [-0.25, -0.2) is 9.50 Å². The van der Waals surface area contributed by atoms with Crippen LogP contribution in [0.4, 0.5) is 0 Å². The van der Waals surface area contributed by atoms with Crippen molar-refractivity contribution in [3.05, 3.63) is 28.7 Å². The van der Waals surface area contributed by atoms with Crippen LogP contribution in [0.5, 0.6) is 0 Å². The van der Waals surface area contributed by atoms with Gasteiger partial charge in [0, 0.05) is 55.3 Å². The number of nitrogens with zero attached hydrogens (tertiary/aromatic N) is 4. The molecule has 1 fully saturated rings. The van der Waals surface area contributed by atoms with Crippen LogP contribution < -0.4 is 5.32 Å². The van der Waals surface area contributed by atoms with Crippen LogP contribution in [-0.2, 0) is 16.0 Å². The van der Waals surface area contributed by atoms with Gasteiger partial charge in [-0.3, -0.25) is 9.59 Å². The standard InChI is InChI=1S/C22H33N5O2/c1-6-14(3)23-21(28)9-8-18-15(4)24-20-12-19(25-27(20)16(18)5)17-10-11-26(13-17)22(29)7-2/h12,14,17H,6-11,13H2,1-5H3,(H,23,28). The molecule has 1 aliphatic heterocycles. The number of nitrogens with one attached hydrogen (secondary N) is 1. The van der Waals surface area contributed by atoms with Gasteiger partial charge in [0.2, 0.25) is 11.8 Å². The number of aryl methyl sites for hydroxylation is 2. The minimum atomic E-state index is 0.0750. The molecule has 2 aromatic rings. The second-order valence-electron chi connectivity index (χ2n) is 8.16. The second kappa shape index (κ2) is 8.93. The van der Waals surface area contributed by atoms with Crippen molar-refractivity contribution in [1.82, 2.24) is 24.8 Å². The molecule has 0 aromatic carbocycles. The molecule has 2 atom stereocenters. The summed E-state index contributed by atoms with van der Waals surface area (Å²) in [5, 5.41) is 7.84. The number of rotatable bonds is 7. The summed E-state index contributed by atoms with van der Waals surface area (Å²) in [6.07, 6.45) is 3.52. The Labute approximate surface area is 172 Å². The van der Waals surface area contributed by atoms with Crippen molar-refractivity contribution in [1.29, 1.82) is 0 Å². The molecule has 7 nitrogen and oxygen atoms in total. The molecule has 2 unspecified atom stereocenters. The Morgan fingerprint density at radius 1 is 1.31 bits per heavy atom. The zero-order chi connectivity index (χ0) is 21.1. The van der Waals surface area contributed by atoms with Crippen LogP contribution in [0.3, 0.4) is 0 Å². The highest BCUT2D eigenvalue weighted by molar-refractivity contribution is 5.76. The molecule has 7 heteroatoms. The van der Waals surface area contributed by atoms with Crippen LogP contribution in [0.2, 0.25) is 0 Å². The van der Waals surface area contributed by atoms with E-state index in [4.69, 9.17) is 10.1 Å². The number of amides is 2. The third kappa shape index (κ3) is 4.60. The highest BCUT2D eigenvalue weighted by atomic mass is 16.2. The third-order valence-electron chi connectivity index (χ3n) is 6.07. The maximum atomic E-state index is 12.2. The van der Waals surface area contributed by atoms with Crippen molar-refractivity contribution in [2.75, 3.05) is 13.1 Å². The first-order valence-electron chi connectivity index (χ1n) is 10.8. The lowest BCUT2D eigenvalue weighted by Gasteiger charge is -2.14. The van der Waals surface area contributed by atoms with Gasteiger partial charge in [-0.15, -0.1) is 0 Å². The highest BCUT2D eigenvalue weighted by Crippen LogP contribution is 2.28. The maximum absolute atomic E-state index is 12.2. The number of carbonyl (C=O) groups is 2. The quantitative estimate of drug-likeness (QED) is 0.776. The van der Waals surface area contributed by atoms with Crippen molar-refractivity contribution in [3.63, 3.8) is 0 Å². The topological polar surface area (TPSA) is 79.6 Å². The summed E-state index contributed by atoms with van der Waals surface area (Å²) in [5.74, 6) is 0.544. The lowest BCUT2D eigenvalue weighted by Crippen LogP contribution is -2.32. The van der Waals surface area contributed by atoms with Gasteiger partial charge >= 0.3 is 0 Å². The van der Waals surface area contributed by atoms with Gasteiger partial charge in [0.15, 0.2) is 5.65 Å². The number of likely N-dealkylation sites (tertiary alicyclic amines) is 1. The normalized spacial score (nSPS) is 17.7. The maximum Gasteiger partial charge on any atom is 0.222 e. The molecule has 0 bridgehead atoms. The molecule has 3 rings (SSSR count). The first-order valence-corrected chi connectivity index (χ1v) is 10.8. The van der Waals surface area contributed by atoms with Crippen LogP contribution in [-0.4, -0.2) is 50.4 Å². The SMILES string of the molecule is CCC(=O)N1CCC(c2cc3nc(C)c(CCC(=O)NC(C)CC)c(C)n3n2)C1. The molecule has 2 aromatic heterocycles. The predicted octanol–water partition coefficient (Wildman–Crippen LogP) is 2.92. The zero-order valence-electron chi connectivity index (χ0n) is 18.3. The molecule has 29 heavy (non-hydrogen) atoms. The highest BCUT2D eigenvalue weighted by Gasteiger charge is 2.28. The van der Waals surface area contributed by atoms with Crippen LogP contribution in [0.25, 0.3) is 5.65 Å². The Morgan fingerprint density at radius 2 is 2.07 bits per heavy atom. The Morgan fingerprint density at radius 3 is 2.76 bits per heavy atom. The Balaban J connectivity index is 1.77. The predicted molar refractivity (Wildman–Crippen MR) is 113 cm³/mol. The van der Waals surface area contributed by atoms with Gasteiger partial charge in [-0.2, -0.15) is 5.10 Å². The van der Waals surface area contributed by atoms with E-state index in [0.717, 1.165) is 54.2 Å². The number of aromatic nitrogens is 3. The van der Waals surface area contributed by atoms with E-state index in [2.05, 4.69) is 12.2 Å². The summed E-state index contributed by atoms with van der Waals surface area (Å²) < 4.78 is 1.90. The number of fused-ring (bicyclic) bond motifs is 1. The molecular formula is C22H33N5O2. The van der Waals surface area contributed by atoms with Gasteiger partial charge in [0.1, 0.15) is 0 Å². The number of hydrogen-bond donors (Lipinski definition) is 1. The van der Waals surface area contributed by atoms with Crippen molar-refractivity contribution in [3.8, 4) is 0 Å². The molecule has 1 aliphatic rings. The van der Waals surface area contributed by atoms with Gasteiger partial charge in [-0.05, 0) is 45.6 Å². The summed E-state index contributed by atoms with van der Waals surface area (Å²) in [7, 11) is 0. The van der Waals surface area contributed by atoms with Gasteiger partial charge < -0.3 is 10.2 Å². The average molecular weight is 400 g/mol. The summed E-state index contributed by atoms with van der Waals surface area (Å²) in [5.41, 5.74) is 4.91. The molecule has 0 saturated carbocycles. The van der Waals surface area contributed by atoms with Crippen molar-refractivity contribution >= 4 is 17.5 Å². The minimum Gasteiger partial charge on any atom is -0.354 e. The Bertz CT molecular complexity index is 904. The van der Waals surface area contributed by atoms with E-state index >= 15 is 0 Å². The van der Waals surface area contributed by atoms with Crippen LogP contribution >= 0.6 is 0 Å². The van der Waals surface area contributed by atoms with Gasteiger partial charge in [0.25, 0.3) is 0 Å². The first kappa shape index (κ1) is 21.3. The minimum absolute atomic E-state index is 0.0750.